The lowest BCUT2D eigenvalue weighted by atomic mass is 9.85. The summed E-state index contributed by atoms with van der Waals surface area (Å²) in [5, 5.41) is 2.71. The third-order valence-electron chi connectivity index (χ3n) is 2.65. The van der Waals surface area contributed by atoms with Gasteiger partial charge in [0.05, 0.1) is 0 Å². The fraction of sp³-hybridized carbons (Fsp3) is 0.700. The second kappa shape index (κ2) is 4.29. The molecule has 1 aliphatic carbocycles. The third kappa shape index (κ3) is 2.10. The molecule has 0 atom stereocenters. The second-order valence-electron chi connectivity index (χ2n) is 3.34. The number of rotatable bonds is 1. The van der Waals surface area contributed by atoms with Gasteiger partial charge in [-0.25, -0.2) is 0 Å². The molecule has 0 heterocycles. The van der Waals surface area contributed by atoms with Crippen LogP contribution in [0.25, 0.3) is 0 Å². The van der Waals surface area contributed by atoms with Gasteiger partial charge in [-0.3, -0.25) is 4.79 Å². The van der Waals surface area contributed by atoms with E-state index in [4.69, 9.17) is 0 Å². The van der Waals surface area contributed by atoms with Crippen molar-refractivity contribution in [1.29, 1.82) is 0 Å². The van der Waals surface area contributed by atoms with Gasteiger partial charge in [-0.2, -0.15) is 0 Å². The molecule has 68 valence electrons. The van der Waals surface area contributed by atoms with Crippen LogP contribution < -0.4 is 5.32 Å². The molecule has 1 fully saturated rings. The van der Waals surface area contributed by atoms with Crippen LogP contribution in [0.3, 0.4) is 0 Å². The summed E-state index contributed by atoms with van der Waals surface area (Å²) >= 11 is 0. The van der Waals surface area contributed by atoms with Crippen LogP contribution in [0.15, 0.2) is 11.6 Å². The van der Waals surface area contributed by atoms with Crippen molar-refractivity contribution in [2.45, 2.75) is 32.6 Å². The van der Waals surface area contributed by atoms with Gasteiger partial charge >= 0.3 is 0 Å². The summed E-state index contributed by atoms with van der Waals surface area (Å²) in [7, 11) is 1.72. The second-order valence-corrected chi connectivity index (χ2v) is 3.34. The van der Waals surface area contributed by atoms with E-state index in [1.54, 1.807) is 7.05 Å². The first kappa shape index (κ1) is 9.30. The molecule has 0 unspecified atom stereocenters. The number of nitrogens with one attached hydrogen (secondary N) is 1. The average molecular weight is 167 g/mol. The van der Waals surface area contributed by atoms with E-state index < -0.39 is 0 Å². The first-order chi connectivity index (χ1) is 5.77. The number of carbonyl (C=O) groups is 1. The van der Waals surface area contributed by atoms with Crippen LogP contribution in [-0.4, -0.2) is 13.0 Å². The van der Waals surface area contributed by atoms with E-state index in [0.29, 0.717) is 0 Å². The lowest BCUT2D eigenvalue weighted by Gasteiger charge is -2.22. The number of amides is 1. The SMILES string of the molecule is CC=C1CCC(C(=O)NC)CC1. The maximum absolute atomic E-state index is 11.2. The van der Waals surface area contributed by atoms with Gasteiger partial charge in [0.25, 0.3) is 0 Å². The molecule has 1 aliphatic rings. The molecule has 0 aliphatic heterocycles. The summed E-state index contributed by atoms with van der Waals surface area (Å²) < 4.78 is 0. The molecular formula is C10H17NO. The van der Waals surface area contributed by atoms with Crippen molar-refractivity contribution in [3.8, 4) is 0 Å². The monoisotopic (exact) mass is 167 g/mol. The molecule has 1 rings (SSSR count). The van der Waals surface area contributed by atoms with Gasteiger partial charge in [0, 0.05) is 13.0 Å². The Balaban J connectivity index is 2.41. The predicted molar refractivity (Wildman–Crippen MR) is 49.8 cm³/mol. The molecule has 0 aromatic carbocycles. The molecule has 0 aromatic rings. The topological polar surface area (TPSA) is 29.1 Å². The lowest BCUT2D eigenvalue weighted by molar-refractivity contribution is -0.125. The Labute approximate surface area is 74.0 Å². The fourth-order valence-electron chi connectivity index (χ4n) is 1.74. The van der Waals surface area contributed by atoms with Gasteiger partial charge < -0.3 is 5.32 Å². The molecule has 0 radical (unpaired) electrons. The van der Waals surface area contributed by atoms with Gasteiger partial charge in [0.15, 0.2) is 0 Å². The smallest absolute Gasteiger partial charge is 0.222 e. The van der Waals surface area contributed by atoms with Crippen LogP contribution in [0.2, 0.25) is 0 Å². The molecule has 2 heteroatoms. The average Bonchev–Trinajstić information content (AvgIpc) is 2.17. The van der Waals surface area contributed by atoms with Crippen molar-refractivity contribution in [3.63, 3.8) is 0 Å². The highest BCUT2D eigenvalue weighted by Crippen LogP contribution is 2.27. The molecule has 0 aromatic heterocycles. The summed E-state index contributed by atoms with van der Waals surface area (Å²) in [6.07, 6.45) is 6.45. The zero-order valence-electron chi connectivity index (χ0n) is 7.89. The maximum Gasteiger partial charge on any atom is 0.222 e. The fourth-order valence-corrected chi connectivity index (χ4v) is 1.74. The molecular weight excluding hydrogens is 150 g/mol. The molecule has 1 saturated carbocycles. The number of carbonyl (C=O) groups excluding carboxylic acids is 1. The van der Waals surface area contributed by atoms with Crippen LogP contribution in [0.1, 0.15) is 32.6 Å². The molecule has 0 spiro atoms. The Morgan fingerprint density at radius 2 is 2.08 bits per heavy atom. The van der Waals surface area contributed by atoms with Crippen molar-refractivity contribution >= 4 is 5.91 Å². The maximum atomic E-state index is 11.2. The van der Waals surface area contributed by atoms with Crippen LogP contribution in [0.4, 0.5) is 0 Å². The van der Waals surface area contributed by atoms with Crippen molar-refractivity contribution in [3.05, 3.63) is 11.6 Å². The molecule has 0 bridgehead atoms. The van der Waals surface area contributed by atoms with Crippen LogP contribution in [0.5, 0.6) is 0 Å². The Kier molecular flexibility index (Phi) is 3.32. The van der Waals surface area contributed by atoms with Crippen molar-refractivity contribution < 1.29 is 4.79 Å². The highest BCUT2D eigenvalue weighted by Gasteiger charge is 2.21. The highest BCUT2D eigenvalue weighted by atomic mass is 16.1. The Morgan fingerprint density at radius 3 is 2.50 bits per heavy atom. The first-order valence-electron chi connectivity index (χ1n) is 4.63. The van der Waals surface area contributed by atoms with E-state index in [2.05, 4.69) is 18.3 Å². The number of allylic oxidation sites excluding steroid dienone is 2. The standard InChI is InChI=1S/C10H17NO/c1-3-8-4-6-9(7-5-8)10(12)11-2/h3,9H,4-7H2,1-2H3,(H,11,12). The first-order valence-corrected chi connectivity index (χ1v) is 4.63. The van der Waals surface area contributed by atoms with Gasteiger partial charge in [0.1, 0.15) is 0 Å². The molecule has 0 saturated heterocycles. The Morgan fingerprint density at radius 1 is 1.50 bits per heavy atom. The van der Waals surface area contributed by atoms with E-state index in [1.165, 1.54) is 5.57 Å². The largest absolute Gasteiger partial charge is 0.359 e. The lowest BCUT2D eigenvalue weighted by Crippen LogP contribution is -2.29. The normalized spacial score (nSPS) is 23.5. The van der Waals surface area contributed by atoms with E-state index in [-0.39, 0.29) is 11.8 Å². The zero-order valence-corrected chi connectivity index (χ0v) is 7.89. The summed E-state index contributed by atoms with van der Waals surface area (Å²) in [5.74, 6) is 0.476. The van der Waals surface area contributed by atoms with Crippen molar-refractivity contribution in [2.75, 3.05) is 7.05 Å². The van der Waals surface area contributed by atoms with Gasteiger partial charge in [0.2, 0.25) is 5.91 Å². The molecule has 12 heavy (non-hydrogen) atoms. The van der Waals surface area contributed by atoms with Crippen molar-refractivity contribution in [2.24, 2.45) is 5.92 Å². The van der Waals surface area contributed by atoms with Gasteiger partial charge in [-0.05, 0) is 32.6 Å². The summed E-state index contributed by atoms with van der Waals surface area (Å²) in [5.41, 5.74) is 1.51. The van der Waals surface area contributed by atoms with E-state index >= 15 is 0 Å². The highest BCUT2D eigenvalue weighted by molar-refractivity contribution is 5.78. The van der Waals surface area contributed by atoms with Crippen LogP contribution in [0, 0.1) is 5.92 Å². The minimum absolute atomic E-state index is 0.213. The van der Waals surface area contributed by atoms with E-state index in [0.717, 1.165) is 25.7 Å². The Bertz CT molecular complexity index is 186. The predicted octanol–water partition coefficient (Wildman–Crippen LogP) is 1.87. The number of hydrogen-bond donors (Lipinski definition) is 1. The van der Waals surface area contributed by atoms with Gasteiger partial charge in [-0.1, -0.05) is 11.6 Å². The van der Waals surface area contributed by atoms with Crippen LogP contribution in [-0.2, 0) is 4.79 Å². The molecule has 1 amide bonds. The number of hydrogen-bond acceptors (Lipinski definition) is 1. The summed E-state index contributed by atoms with van der Waals surface area (Å²) in [6, 6.07) is 0. The van der Waals surface area contributed by atoms with Gasteiger partial charge in [-0.15, -0.1) is 0 Å². The summed E-state index contributed by atoms with van der Waals surface area (Å²) in [4.78, 5) is 11.2. The van der Waals surface area contributed by atoms with Crippen LogP contribution >= 0.6 is 0 Å². The van der Waals surface area contributed by atoms with E-state index in [1.807, 2.05) is 0 Å². The quantitative estimate of drug-likeness (QED) is 0.593. The van der Waals surface area contributed by atoms with Crippen molar-refractivity contribution in [1.82, 2.24) is 5.32 Å². The zero-order chi connectivity index (χ0) is 8.97. The minimum atomic E-state index is 0.213. The minimum Gasteiger partial charge on any atom is -0.359 e. The third-order valence-corrected chi connectivity index (χ3v) is 2.65. The molecule has 2 nitrogen and oxygen atoms in total. The van der Waals surface area contributed by atoms with E-state index in [9.17, 15) is 4.79 Å². The Hall–Kier alpha value is -0.790. The molecule has 1 N–H and O–H groups in total. The summed E-state index contributed by atoms with van der Waals surface area (Å²) in [6.45, 7) is 2.08.